The molecule has 8 nitrogen and oxygen atoms in total. The summed E-state index contributed by atoms with van der Waals surface area (Å²) >= 11 is 0. The van der Waals surface area contributed by atoms with Crippen LogP contribution in [0.1, 0.15) is 12.8 Å². The molecule has 0 aliphatic carbocycles. The van der Waals surface area contributed by atoms with E-state index in [4.69, 9.17) is 15.9 Å². The van der Waals surface area contributed by atoms with Crippen molar-refractivity contribution in [3.05, 3.63) is 12.2 Å². The summed E-state index contributed by atoms with van der Waals surface area (Å²) in [5, 5.41) is 24.8. The van der Waals surface area contributed by atoms with Gasteiger partial charge in [-0.2, -0.15) is 0 Å². The van der Waals surface area contributed by atoms with Crippen LogP contribution in [0.5, 0.6) is 0 Å². The third-order valence-electron chi connectivity index (χ3n) is 2.23. The molecule has 1 saturated heterocycles. The average Bonchev–Trinajstić information content (AvgIpc) is 2.26. The van der Waals surface area contributed by atoms with Crippen molar-refractivity contribution < 1.29 is 29.7 Å². The number of amides is 1. The highest BCUT2D eigenvalue weighted by molar-refractivity contribution is 5.89. The first-order chi connectivity index (χ1) is 8.81. The molecular formula is C11H18N2O6. The van der Waals surface area contributed by atoms with Crippen LogP contribution in [-0.4, -0.2) is 63.8 Å². The zero-order valence-electron chi connectivity index (χ0n) is 10.4. The van der Waals surface area contributed by atoms with Gasteiger partial charge < -0.3 is 21.1 Å². The molecule has 1 rings (SSSR count). The molecule has 1 atom stereocenters. The van der Waals surface area contributed by atoms with Gasteiger partial charge >= 0.3 is 11.9 Å². The van der Waals surface area contributed by atoms with E-state index in [2.05, 4.69) is 0 Å². The van der Waals surface area contributed by atoms with E-state index in [1.165, 1.54) is 0 Å². The van der Waals surface area contributed by atoms with Crippen molar-refractivity contribution in [1.82, 2.24) is 4.90 Å². The standard InChI is InChI=1S/C7H14N2O2.C4H4O4/c8-7(11)5-9-3-1-2-6(10)4-9;5-3(6)1-2-4(7)8/h6,10H,1-5H2,(H2,8,11);1-2H,(H,5,6)(H,7,8)/b;2-1+. The quantitative estimate of drug-likeness (QED) is 0.464. The highest BCUT2D eigenvalue weighted by Gasteiger charge is 2.18. The minimum atomic E-state index is -1.26. The number of nitrogens with two attached hydrogens (primary N) is 1. The number of β-amino-alcohol motifs (C(OH)–C–C–N with tert-alkyl or cyclic N) is 1. The Morgan fingerprint density at radius 1 is 1.21 bits per heavy atom. The van der Waals surface area contributed by atoms with Crippen LogP contribution in [0.4, 0.5) is 0 Å². The Balaban J connectivity index is 0.000000362. The Bertz CT molecular complexity index is 339. The van der Waals surface area contributed by atoms with Gasteiger partial charge in [-0.25, -0.2) is 9.59 Å². The highest BCUT2D eigenvalue weighted by Crippen LogP contribution is 2.08. The molecule has 0 aromatic heterocycles. The number of nitrogens with zero attached hydrogens (tertiary/aromatic N) is 1. The number of carbonyl (C=O) groups is 3. The highest BCUT2D eigenvalue weighted by atomic mass is 16.4. The molecule has 19 heavy (non-hydrogen) atoms. The molecular weight excluding hydrogens is 256 g/mol. The summed E-state index contributed by atoms with van der Waals surface area (Å²) in [5.41, 5.74) is 5.01. The van der Waals surface area contributed by atoms with Crippen molar-refractivity contribution in [3.8, 4) is 0 Å². The Kier molecular flexibility index (Phi) is 8.14. The van der Waals surface area contributed by atoms with Crippen molar-refractivity contribution >= 4 is 17.8 Å². The van der Waals surface area contributed by atoms with Gasteiger partial charge in [0.15, 0.2) is 0 Å². The van der Waals surface area contributed by atoms with Crippen LogP contribution < -0.4 is 5.73 Å². The summed E-state index contributed by atoms with van der Waals surface area (Å²) in [7, 11) is 0. The number of carboxylic acids is 2. The van der Waals surface area contributed by atoms with Gasteiger partial charge in [-0.05, 0) is 19.4 Å². The van der Waals surface area contributed by atoms with E-state index in [0.29, 0.717) is 18.7 Å². The van der Waals surface area contributed by atoms with Crippen LogP contribution in [0.3, 0.4) is 0 Å². The molecule has 1 fully saturated rings. The first-order valence-electron chi connectivity index (χ1n) is 5.64. The van der Waals surface area contributed by atoms with Gasteiger partial charge in [-0.15, -0.1) is 0 Å². The number of likely N-dealkylation sites (tertiary alicyclic amines) is 1. The van der Waals surface area contributed by atoms with E-state index in [-0.39, 0.29) is 18.6 Å². The third kappa shape index (κ3) is 10.9. The van der Waals surface area contributed by atoms with Crippen LogP contribution in [0.25, 0.3) is 0 Å². The molecule has 0 aromatic carbocycles. The number of hydrogen-bond donors (Lipinski definition) is 4. The van der Waals surface area contributed by atoms with Crippen molar-refractivity contribution in [2.75, 3.05) is 19.6 Å². The van der Waals surface area contributed by atoms with Gasteiger partial charge in [0.05, 0.1) is 12.6 Å². The number of aliphatic carboxylic acids is 2. The van der Waals surface area contributed by atoms with Crippen LogP contribution in [0.2, 0.25) is 0 Å². The normalized spacial score (nSPS) is 19.5. The number of hydrogen-bond acceptors (Lipinski definition) is 5. The largest absolute Gasteiger partial charge is 0.478 e. The van der Waals surface area contributed by atoms with E-state index in [1.54, 1.807) is 0 Å². The summed E-state index contributed by atoms with van der Waals surface area (Å²) in [5.74, 6) is -2.83. The smallest absolute Gasteiger partial charge is 0.328 e. The maximum absolute atomic E-state index is 10.5. The average molecular weight is 274 g/mol. The SMILES string of the molecule is NC(=O)CN1CCCC(O)C1.O=C(O)/C=C/C(=O)O. The molecule has 0 aromatic rings. The number of carbonyl (C=O) groups excluding carboxylic acids is 1. The zero-order chi connectivity index (χ0) is 14.8. The lowest BCUT2D eigenvalue weighted by atomic mass is 10.1. The molecule has 0 bridgehead atoms. The molecule has 108 valence electrons. The molecule has 8 heteroatoms. The number of rotatable bonds is 4. The monoisotopic (exact) mass is 274 g/mol. The minimum Gasteiger partial charge on any atom is -0.478 e. The van der Waals surface area contributed by atoms with Gasteiger partial charge in [0, 0.05) is 18.7 Å². The molecule has 0 saturated carbocycles. The van der Waals surface area contributed by atoms with E-state index < -0.39 is 11.9 Å². The predicted octanol–water partition coefficient (Wildman–Crippen LogP) is -1.36. The van der Waals surface area contributed by atoms with E-state index >= 15 is 0 Å². The van der Waals surface area contributed by atoms with Crippen molar-refractivity contribution in [2.24, 2.45) is 5.73 Å². The Morgan fingerprint density at radius 2 is 1.74 bits per heavy atom. The molecule has 1 aliphatic rings. The van der Waals surface area contributed by atoms with Crippen molar-refractivity contribution in [2.45, 2.75) is 18.9 Å². The van der Waals surface area contributed by atoms with Gasteiger partial charge in [-0.1, -0.05) is 0 Å². The number of piperidine rings is 1. The molecule has 0 radical (unpaired) electrons. The first-order valence-corrected chi connectivity index (χ1v) is 5.64. The zero-order valence-corrected chi connectivity index (χ0v) is 10.4. The van der Waals surface area contributed by atoms with Crippen LogP contribution in [0, 0.1) is 0 Å². The fraction of sp³-hybridized carbons (Fsp3) is 0.545. The van der Waals surface area contributed by atoms with Gasteiger partial charge in [0.25, 0.3) is 0 Å². The van der Waals surface area contributed by atoms with Crippen LogP contribution >= 0.6 is 0 Å². The summed E-state index contributed by atoms with van der Waals surface area (Å²) in [4.78, 5) is 31.5. The molecule has 0 spiro atoms. The lowest BCUT2D eigenvalue weighted by Gasteiger charge is -2.28. The molecule has 1 aliphatic heterocycles. The number of carboxylic acid groups (broad SMARTS) is 2. The number of aliphatic hydroxyl groups excluding tert-OH is 1. The van der Waals surface area contributed by atoms with E-state index in [1.807, 2.05) is 4.90 Å². The second kappa shape index (κ2) is 9.06. The minimum absolute atomic E-state index is 0.275. The van der Waals surface area contributed by atoms with Crippen LogP contribution in [0.15, 0.2) is 12.2 Å². The second-order valence-corrected chi connectivity index (χ2v) is 4.01. The summed E-state index contributed by atoms with van der Waals surface area (Å²) in [6.45, 7) is 1.74. The molecule has 1 heterocycles. The number of primary amides is 1. The summed E-state index contributed by atoms with van der Waals surface area (Å²) < 4.78 is 0. The van der Waals surface area contributed by atoms with E-state index in [9.17, 15) is 19.5 Å². The van der Waals surface area contributed by atoms with Gasteiger partial charge in [0.1, 0.15) is 0 Å². The Morgan fingerprint density at radius 3 is 2.11 bits per heavy atom. The second-order valence-electron chi connectivity index (χ2n) is 4.01. The van der Waals surface area contributed by atoms with Crippen molar-refractivity contribution in [1.29, 1.82) is 0 Å². The van der Waals surface area contributed by atoms with Crippen LogP contribution in [-0.2, 0) is 14.4 Å². The Hall–Kier alpha value is -1.93. The van der Waals surface area contributed by atoms with E-state index in [0.717, 1.165) is 19.4 Å². The maximum atomic E-state index is 10.5. The Labute approximate surface area is 110 Å². The summed E-state index contributed by atoms with van der Waals surface area (Å²) in [6, 6.07) is 0. The predicted molar refractivity (Wildman–Crippen MR) is 65.3 cm³/mol. The lowest BCUT2D eigenvalue weighted by molar-refractivity contribution is -0.134. The number of aliphatic hydroxyl groups is 1. The summed E-state index contributed by atoms with van der Waals surface area (Å²) in [6.07, 6.45) is 2.64. The topological polar surface area (TPSA) is 141 Å². The van der Waals surface area contributed by atoms with Crippen molar-refractivity contribution in [3.63, 3.8) is 0 Å². The van der Waals surface area contributed by atoms with Gasteiger partial charge in [0.2, 0.25) is 5.91 Å². The lowest BCUT2D eigenvalue weighted by Crippen LogP contribution is -2.42. The fourth-order valence-corrected chi connectivity index (χ4v) is 1.54. The molecule has 5 N–H and O–H groups in total. The third-order valence-corrected chi connectivity index (χ3v) is 2.23. The van der Waals surface area contributed by atoms with Gasteiger partial charge in [-0.3, -0.25) is 9.69 Å². The molecule has 1 amide bonds. The maximum Gasteiger partial charge on any atom is 0.328 e. The molecule has 1 unspecified atom stereocenters. The first kappa shape index (κ1) is 17.1. The fourth-order valence-electron chi connectivity index (χ4n) is 1.54.